The van der Waals surface area contributed by atoms with E-state index < -0.39 is 16.2 Å². The highest BCUT2D eigenvalue weighted by Gasteiger charge is 2.15. The number of hydrogen-bond acceptors (Lipinski definition) is 3. The van der Waals surface area contributed by atoms with Crippen LogP contribution >= 0.6 is 0 Å². The molecule has 1 aromatic carbocycles. The number of carboxylic acids is 1. The molecule has 118 valence electrons. The summed E-state index contributed by atoms with van der Waals surface area (Å²) in [5, 5.41) is 8.90. The van der Waals surface area contributed by atoms with Gasteiger partial charge in [0, 0.05) is 20.1 Å². The van der Waals surface area contributed by atoms with Gasteiger partial charge in [0.25, 0.3) is 10.2 Å². The number of unbranched alkanes of at least 4 members (excludes halogenated alkanes) is 1. The van der Waals surface area contributed by atoms with Gasteiger partial charge in [0.2, 0.25) is 0 Å². The third-order valence-electron chi connectivity index (χ3n) is 3.11. The molecule has 0 spiro atoms. The minimum absolute atomic E-state index is 0.204. The van der Waals surface area contributed by atoms with E-state index in [1.54, 1.807) is 25.2 Å². The van der Waals surface area contributed by atoms with E-state index in [1.807, 2.05) is 6.92 Å². The van der Waals surface area contributed by atoms with Crippen molar-refractivity contribution < 1.29 is 18.3 Å². The van der Waals surface area contributed by atoms with Crippen LogP contribution in [0.2, 0.25) is 0 Å². The number of nitrogens with zero attached hydrogens (tertiary/aromatic N) is 1. The van der Waals surface area contributed by atoms with Gasteiger partial charge in [-0.1, -0.05) is 25.5 Å². The fourth-order valence-corrected chi connectivity index (χ4v) is 2.75. The molecule has 0 amide bonds. The third kappa shape index (κ3) is 5.82. The Morgan fingerprint density at radius 3 is 2.71 bits per heavy atom. The highest BCUT2D eigenvalue weighted by atomic mass is 32.2. The summed E-state index contributed by atoms with van der Waals surface area (Å²) in [6.45, 7) is 2.73. The first-order chi connectivity index (χ1) is 9.86. The molecule has 0 atom stereocenters. The van der Waals surface area contributed by atoms with Gasteiger partial charge in [0.1, 0.15) is 0 Å². The van der Waals surface area contributed by atoms with Crippen LogP contribution in [0.3, 0.4) is 0 Å². The molecule has 0 saturated heterocycles. The summed E-state index contributed by atoms with van der Waals surface area (Å²) in [6, 6.07) is 6.49. The Balaban J connectivity index is 2.52. The van der Waals surface area contributed by atoms with Crippen molar-refractivity contribution in [2.24, 2.45) is 0 Å². The van der Waals surface area contributed by atoms with Crippen molar-refractivity contribution in [1.29, 1.82) is 0 Å². The molecule has 2 N–H and O–H groups in total. The zero-order valence-electron chi connectivity index (χ0n) is 12.4. The van der Waals surface area contributed by atoms with Gasteiger partial charge >= 0.3 is 5.97 Å². The van der Waals surface area contributed by atoms with Gasteiger partial charge < -0.3 is 5.11 Å². The van der Waals surface area contributed by atoms with Gasteiger partial charge in [-0.15, -0.1) is 0 Å². The van der Waals surface area contributed by atoms with Crippen molar-refractivity contribution in [3.63, 3.8) is 0 Å². The van der Waals surface area contributed by atoms with Crippen molar-refractivity contribution >= 4 is 16.2 Å². The van der Waals surface area contributed by atoms with Crippen molar-refractivity contribution in [2.45, 2.75) is 26.2 Å². The molecule has 0 aliphatic rings. The van der Waals surface area contributed by atoms with Crippen LogP contribution < -0.4 is 4.72 Å². The van der Waals surface area contributed by atoms with E-state index >= 15 is 0 Å². The molecule has 0 bridgehead atoms. The monoisotopic (exact) mass is 314 g/mol. The minimum atomic E-state index is -3.46. The summed E-state index contributed by atoms with van der Waals surface area (Å²) in [5.74, 6) is -0.989. The fourth-order valence-electron chi connectivity index (χ4n) is 1.80. The molecule has 6 nitrogen and oxygen atoms in total. The Hall–Kier alpha value is -1.44. The van der Waals surface area contributed by atoms with E-state index in [1.165, 1.54) is 10.4 Å². The Kier molecular flexibility index (Phi) is 6.80. The molecule has 7 heteroatoms. The molecular formula is C14H22N2O4S. The van der Waals surface area contributed by atoms with E-state index in [9.17, 15) is 13.2 Å². The van der Waals surface area contributed by atoms with E-state index in [4.69, 9.17) is 5.11 Å². The second kappa shape index (κ2) is 8.11. The van der Waals surface area contributed by atoms with E-state index in [0.717, 1.165) is 18.4 Å². The Labute approximate surface area is 126 Å². The topological polar surface area (TPSA) is 86.7 Å². The van der Waals surface area contributed by atoms with Gasteiger partial charge in [-0.05, 0) is 30.5 Å². The zero-order valence-corrected chi connectivity index (χ0v) is 13.2. The van der Waals surface area contributed by atoms with Crippen LogP contribution in [-0.2, 0) is 16.6 Å². The highest BCUT2D eigenvalue weighted by molar-refractivity contribution is 7.87. The molecule has 1 rings (SSSR count). The molecule has 0 aromatic heterocycles. The maximum Gasteiger partial charge on any atom is 0.335 e. The van der Waals surface area contributed by atoms with Crippen LogP contribution in [-0.4, -0.2) is 43.9 Å². The predicted molar refractivity (Wildman–Crippen MR) is 81.6 cm³/mol. The largest absolute Gasteiger partial charge is 0.478 e. The van der Waals surface area contributed by atoms with E-state index in [0.29, 0.717) is 13.0 Å². The number of hydrogen-bond donors (Lipinski definition) is 2. The van der Waals surface area contributed by atoms with Gasteiger partial charge in [-0.3, -0.25) is 0 Å². The van der Waals surface area contributed by atoms with Crippen LogP contribution in [0.1, 0.15) is 35.7 Å². The summed E-state index contributed by atoms with van der Waals surface area (Å²) < 4.78 is 27.7. The number of benzene rings is 1. The quantitative estimate of drug-likeness (QED) is 0.723. The standard InChI is InChI=1S/C14H22N2O4S/c1-3-4-10-16(2)21(19,20)15-9-8-12-6-5-7-13(11-12)14(17)18/h5-7,11,15H,3-4,8-10H2,1-2H3,(H,17,18). The molecule has 0 aliphatic heterocycles. The van der Waals surface area contributed by atoms with Crippen LogP contribution in [0, 0.1) is 0 Å². The van der Waals surface area contributed by atoms with Crippen LogP contribution in [0.4, 0.5) is 0 Å². The van der Waals surface area contributed by atoms with E-state index in [2.05, 4.69) is 4.72 Å². The van der Waals surface area contributed by atoms with E-state index in [-0.39, 0.29) is 12.1 Å². The van der Waals surface area contributed by atoms with Gasteiger partial charge in [-0.2, -0.15) is 12.7 Å². The lowest BCUT2D eigenvalue weighted by molar-refractivity contribution is 0.0696. The zero-order chi connectivity index (χ0) is 15.9. The van der Waals surface area contributed by atoms with Gasteiger partial charge in [0.15, 0.2) is 0 Å². The first kappa shape index (κ1) is 17.6. The maximum atomic E-state index is 11.9. The summed E-state index contributed by atoms with van der Waals surface area (Å²) in [4.78, 5) is 10.9. The lowest BCUT2D eigenvalue weighted by Crippen LogP contribution is -2.39. The normalized spacial score (nSPS) is 11.8. The molecule has 0 aliphatic carbocycles. The van der Waals surface area contributed by atoms with Crippen molar-refractivity contribution in [3.8, 4) is 0 Å². The average Bonchev–Trinajstić information content (AvgIpc) is 2.44. The smallest absolute Gasteiger partial charge is 0.335 e. The molecule has 0 heterocycles. The van der Waals surface area contributed by atoms with Crippen LogP contribution in [0.25, 0.3) is 0 Å². The molecule has 0 unspecified atom stereocenters. The lowest BCUT2D eigenvalue weighted by atomic mass is 10.1. The number of aromatic carboxylic acids is 1. The third-order valence-corrected chi connectivity index (χ3v) is 4.68. The van der Waals surface area contributed by atoms with Crippen LogP contribution in [0.5, 0.6) is 0 Å². The molecular weight excluding hydrogens is 292 g/mol. The predicted octanol–water partition coefficient (Wildman–Crippen LogP) is 1.49. The molecule has 1 aromatic rings. The lowest BCUT2D eigenvalue weighted by Gasteiger charge is -2.17. The summed E-state index contributed by atoms with van der Waals surface area (Å²) >= 11 is 0. The average molecular weight is 314 g/mol. The first-order valence-electron chi connectivity index (χ1n) is 6.90. The number of carbonyl (C=O) groups is 1. The first-order valence-corrected chi connectivity index (χ1v) is 8.34. The van der Waals surface area contributed by atoms with Crippen molar-refractivity contribution in [2.75, 3.05) is 20.1 Å². The molecule has 21 heavy (non-hydrogen) atoms. The van der Waals surface area contributed by atoms with Crippen LogP contribution in [0.15, 0.2) is 24.3 Å². The summed E-state index contributed by atoms with van der Waals surface area (Å²) in [6.07, 6.45) is 2.20. The number of nitrogens with one attached hydrogen (secondary N) is 1. The number of carboxylic acid groups (broad SMARTS) is 1. The Morgan fingerprint density at radius 2 is 2.10 bits per heavy atom. The second-order valence-electron chi connectivity index (χ2n) is 4.83. The molecule has 0 fully saturated rings. The number of rotatable bonds is 9. The van der Waals surface area contributed by atoms with Gasteiger partial charge in [-0.25, -0.2) is 9.52 Å². The second-order valence-corrected chi connectivity index (χ2v) is 6.69. The Morgan fingerprint density at radius 1 is 1.38 bits per heavy atom. The maximum absolute atomic E-state index is 11.9. The van der Waals surface area contributed by atoms with Crippen molar-refractivity contribution in [1.82, 2.24) is 9.03 Å². The summed E-state index contributed by atoms with van der Waals surface area (Å²) in [5.41, 5.74) is 0.990. The van der Waals surface area contributed by atoms with Gasteiger partial charge in [0.05, 0.1) is 5.56 Å². The molecule has 0 radical (unpaired) electrons. The summed E-state index contributed by atoms with van der Waals surface area (Å²) in [7, 11) is -1.92. The minimum Gasteiger partial charge on any atom is -0.478 e. The molecule has 0 saturated carbocycles. The van der Waals surface area contributed by atoms with Crippen molar-refractivity contribution in [3.05, 3.63) is 35.4 Å². The Bertz CT molecular complexity index is 572. The fraction of sp³-hybridized carbons (Fsp3) is 0.500. The SMILES string of the molecule is CCCCN(C)S(=O)(=O)NCCc1cccc(C(=O)O)c1. The highest BCUT2D eigenvalue weighted by Crippen LogP contribution is 2.06.